The standard InChI is InChI=1S/C10H10F2N4O/c11-10(12)1-5(2-10)9-15-7(4-17-9)6-3-14-16-8(6)13/h3-5H,1-2H2,(H3,13,14,16). The third-order valence-corrected chi connectivity index (χ3v) is 2.91. The van der Waals surface area contributed by atoms with Gasteiger partial charge in [-0.2, -0.15) is 5.10 Å². The van der Waals surface area contributed by atoms with Gasteiger partial charge in [0.25, 0.3) is 0 Å². The van der Waals surface area contributed by atoms with Crippen molar-refractivity contribution in [2.75, 3.05) is 5.73 Å². The number of rotatable bonds is 2. The molecular formula is C10H10F2N4O. The van der Waals surface area contributed by atoms with Crippen LogP contribution in [0.1, 0.15) is 24.7 Å². The van der Waals surface area contributed by atoms with Gasteiger partial charge >= 0.3 is 0 Å². The lowest BCUT2D eigenvalue weighted by atomic mass is 9.81. The average Bonchev–Trinajstić information content (AvgIpc) is 2.81. The molecule has 2 aromatic heterocycles. The topological polar surface area (TPSA) is 80.7 Å². The first-order valence-electron chi connectivity index (χ1n) is 5.18. The molecule has 90 valence electrons. The molecule has 0 radical (unpaired) electrons. The first kappa shape index (κ1) is 10.2. The number of anilines is 1. The fourth-order valence-corrected chi connectivity index (χ4v) is 1.93. The molecule has 17 heavy (non-hydrogen) atoms. The number of aromatic amines is 1. The van der Waals surface area contributed by atoms with Gasteiger partial charge in [-0.1, -0.05) is 0 Å². The number of H-pyrrole nitrogens is 1. The molecule has 5 nitrogen and oxygen atoms in total. The number of nitrogens with one attached hydrogen (secondary N) is 1. The van der Waals surface area contributed by atoms with E-state index in [4.69, 9.17) is 10.2 Å². The van der Waals surface area contributed by atoms with Gasteiger partial charge in [0.05, 0.1) is 11.8 Å². The number of nitrogens with zero attached hydrogens (tertiary/aromatic N) is 2. The van der Waals surface area contributed by atoms with Crippen LogP contribution in [0.25, 0.3) is 11.3 Å². The minimum absolute atomic E-state index is 0.201. The van der Waals surface area contributed by atoms with Gasteiger partial charge in [-0.05, 0) is 0 Å². The molecule has 7 heteroatoms. The van der Waals surface area contributed by atoms with Crippen molar-refractivity contribution in [2.24, 2.45) is 0 Å². The van der Waals surface area contributed by atoms with E-state index in [2.05, 4.69) is 15.2 Å². The molecule has 3 N–H and O–H groups in total. The molecule has 1 saturated carbocycles. The molecule has 0 bridgehead atoms. The molecule has 1 fully saturated rings. The van der Waals surface area contributed by atoms with Gasteiger partial charge in [0.2, 0.25) is 5.92 Å². The summed E-state index contributed by atoms with van der Waals surface area (Å²) in [6.45, 7) is 0. The van der Waals surface area contributed by atoms with Gasteiger partial charge in [0.15, 0.2) is 5.89 Å². The number of nitrogens with two attached hydrogens (primary N) is 1. The Morgan fingerprint density at radius 2 is 2.24 bits per heavy atom. The van der Waals surface area contributed by atoms with Crippen LogP contribution < -0.4 is 5.73 Å². The Hall–Kier alpha value is -1.92. The lowest BCUT2D eigenvalue weighted by molar-refractivity contribution is -0.0917. The highest BCUT2D eigenvalue weighted by molar-refractivity contribution is 5.69. The van der Waals surface area contributed by atoms with Crippen molar-refractivity contribution >= 4 is 5.82 Å². The van der Waals surface area contributed by atoms with E-state index in [1.54, 1.807) is 0 Å². The largest absolute Gasteiger partial charge is 0.448 e. The van der Waals surface area contributed by atoms with Gasteiger partial charge < -0.3 is 10.2 Å². The molecular weight excluding hydrogens is 230 g/mol. The molecule has 0 unspecified atom stereocenters. The Bertz CT molecular complexity index is 540. The number of hydrogen-bond donors (Lipinski definition) is 2. The van der Waals surface area contributed by atoms with Crippen molar-refractivity contribution in [3.8, 4) is 11.3 Å². The molecule has 2 aromatic rings. The second-order valence-corrected chi connectivity index (χ2v) is 4.23. The first-order chi connectivity index (χ1) is 8.05. The maximum Gasteiger partial charge on any atom is 0.249 e. The van der Waals surface area contributed by atoms with Gasteiger partial charge in [0.1, 0.15) is 17.8 Å². The zero-order chi connectivity index (χ0) is 12.0. The number of alkyl halides is 2. The Balaban J connectivity index is 1.82. The quantitative estimate of drug-likeness (QED) is 0.842. The van der Waals surface area contributed by atoms with E-state index in [1.165, 1.54) is 12.5 Å². The van der Waals surface area contributed by atoms with Crippen LogP contribution in [0.2, 0.25) is 0 Å². The van der Waals surface area contributed by atoms with E-state index >= 15 is 0 Å². The van der Waals surface area contributed by atoms with Crippen LogP contribution in [-0.4, -0.2) is 21.1 Å². The van der Waals surface area contributed by atoms with Gasteiger partial charge in [-0.15, -0.1) is 0 Å². The number of hydrogen-bond acceptors (Lipinski definition) is 4. The van der Waals surface area contributed by atoms with Crippen molar-refractivity contribution in [1.29, 1.82) is 0 Å². The molecule has 2 heterocycles. The molecule has 0 aliphatic heterocycles. The first-order valence-corrected chi connectivity index (χ1v) is 5.18. The van der Waals surface area contributed by atoms with Crippen LogP contribution in [0.4, 0.5) is 14.6 Å². The Kier molecular flexibility index (Phi) is 1.98. The fraction of sp³-hybridized carbons (Fsp3) is 0.400. The number of oxazole rings is 1. The fourth-order valence-electron chi connectivity index (χ4n) is 1.93. The summed E-state index contributed by atoms with van der Waals surface area (Å²) in [5, 5.41) is 6.33. The maximum atomic E-state index is 12.7. The van der Waals surface area contributed by atoms with Gasteiger partial charge in [-0.3, -0.25) is 5.10 Å². The van der Waals surface area contributed by atoms with Crippen molar-refractivity contribution in [2.45, 2.75) is 24.7 Å². The van der Waals surface area contributed by atoms with Crippen LogP contribution in [0.5, 0.6) is 0 Å². The molecule has 0 aromatic carbocycles. The molecule has 0 spiro atoms. The van der Waals surface area contributed by atoms with Crippen LogP contribution in [0.3, 0.4) is 0 Å². The summed E-state index contributed by atoms with van der Waals surface area (Å²) in [6, 6.07) is 0. The number of aromatic nitrogens is 3. The Morgan fingerprint density at radius 1 is 1.47 bits per heavy atom. The predicted octanol–water partition coefficient (Wildman–Crippen LogP) is 2.16. The highest BCUT2D eigenvalue weighted by atomic mass is 19.3. The minimum Gasteiger partial charge on any atom is -0.448 e. The third kappa shape index (κ3) is 1.67. The van der Waals surface area contributed by atoms with E-state index in [1.807, 2.05) is 0 Å². The van der Waals surface area contributed by atoms with Crippen molar-refractivity contribution in [3.05, 3.63) is 18.4 Å². The van der Waals surface area contributed by atoms with Crippen LogP contribution in [0, 0.1) is 0 Å². The van der Waals surface area contributed by atoms with Crippen LogP contribution in [-0.2, 0) is 0 Å². The lowest BCUT2D eigenvalue weighted by Gasteiger charge is -2.32. The Morgan fingerprint density at radius 3 is 2.82 bits per heavy atom. The van der Waals surface area contributed by atoms with E-state index in [0.717, 1.165) is 0 Å². The second kappa shape index (κ2) is 3.28. The van der Waals surface area contributed by atoms with Crippen molar-refractivity contribution in [1.82, 2.24) is 15.2 Å². The summed E-state index contributed by atoms with van der Waals surface area (Å²) in [7, 11) is 0. The smallest absolute Gasteiger partial charge is 0.249 e. The summed E-state index contributed by atoms with van der Waals surface area (Å²) in [4.78, 5) is 4.16. The van der Waals surface area contributed by atoms with Crippen molar-refractivity contribution in [3.63, 3.8) is 0 Å². The van der Waals surface area contributed by atoms with E-state index < -0.39 is 5.92 Å². The maximum absolute atomic E-state index is 12.7. The summed E-state index contributed by atoms with van der Waals surface area (Å²) in [5.41, 5.74) is 6.76. The van der Waals surface area contributed by atoms with Crippen molar-refractivity contribution < 1.29 is 13.2 Å². The molecule has 3 rings (SSSR count). The molecule has 0 amide bonds. The number of nitrogen functional groups attached to an aromatic ring is 1. The Labute approximate surface area is 95.0 Å². The van der Waals surface area contributed by atoms with E-state index in [9.17, 15) is 8.78 Å². The highest BCUT2D eigenvalue weighted by Gasteiger charge is 2.48. The van der Waals surface area contributed by atoms with Gasteiger partial charge in [-0.25, -0.2) is 13.8 Å². The second-order valence-electron chi connectivity index (χ2n) is 4.23. The number of halogens is 2. The highest BCUT2D eigenvalue weighted by Crippen LogP contribution is 2.48. The van der Waals surface area contributed by atoms with E-state index in [-0.39, 0.29) is 18.8 Å². The van der Waals surface area contributed by atoms with Gasteiger partial charge in [0, 0.05) is 18.8 Å². The molecule has 1 aliphatic carbocycles. The van der Waals surface area contributed by atoms with Crippen LogP contribution >= 0.6 is 0 Å². The summed E-state index contributed by atoms with van der Waals surface area (Å²) in [5.74, 6) is -2.16. The molecule has 0 saturated heterocycles. The summed E-state index contributed by atoms with van der Waals surface area (Å²) < 4.78 is 30.6. The molecule has 1 aliphatic rings. The predicted molar refractivity (Wildman–Crippen MR) is 55.4 cm³/mol. The molecule has 0 atom stereocenters. The lowest BCUT2D eigenvalue weighted by Crippen LogP contribution is -2.33. The average molecular weight is 240 g/mol. The third-order valence-electron chi connectivity index (χ3n) is 2.91. The zero-order valence-corrected chi connectivity index (χ0v) is 8.78. The zero-order valence-electron chi connectivity index (χ0n) is 8.78. The summed E-state index contributed by atoms with van der Waals surface area (Å²) in [6.07, 6.45) is 2.53. The van der Waals surface area contributed by atoms with Crippen LogP contribution in [0.15, 0.2) is 16.9 Å². The van der Waals surface area contributed by atoms with E-state index in [0.29, 0.717) is 23.0 Å². The normalized spacial score (nSPS) is 19.2. The SMILES string of the molecule is Nc1[nH]ncc1-c1coc(C2CC(F)(F)C2)n1. The summed E-state index contributed by atoms with van der Waals surface area (Å²) >= 11 is 0. The minimum atomic E-state index is -2.58. The monoisotopic (exact) mass is 240 g/mol.